The molecule has 2 fully saturated rings. The van der Waals surface area contributed by atoms with E-state index < -0.39 is 0 Å². The summed E-state index contributed by atoms with van der Waals surface area (Å²) in [5, 5.41) is 0.755. The Hall–Kier alpha value is 1.89. The third-order valence-corrected chi connectivity index (χ3v) is 10.2. The van der Waals surface area contributed by atoms with Gasteiger partial charge in [0.25, 0.3) is 21.2 Å². The second-order valence-corrected chi connectivity index (χ2v) is 11.5. The minimum atomic E-state index is 0.186. The van der Waals surface area contributed by atoms with E-state index in [9.17, 15) is 0 Å². The van der Waals surface area contributed by atoms with Gasteiger partial charge in [-0.3, -0.25) is 0 Å². The van der Waals surface area contributed by atoms with Crippen LogP contribution in [-0.2, 0) is 0 Å². The molecule has 17 heavy (non-hydrogen) atoms. The zero-order valence-corrected chi connectivity index (χ0v) is 14.8. The molecule has 6 unspecified atom stereocenters. The number of hydrogen-bond donors (Lipinski definition) is 0. The maximum absolute atomic E-state index is 6.27. The molecular weight excluding hydrogens is 413 g/mol. The van der Waals surface area contributed by atoms with Crippen LogP contribution in [0.2, 0.25) is 0 Å². The molecule has 0 bridgehead atoms. The van der Waals surface area contributed by atoms with Gasteiger partial charge >= 0.3 is 0 Å². The second kappa shape index (κ2) is 7.06. The topological polar surface area (TPSA) is 0 Å². The van der Waals surface area contributed by atoms with Crippen LogP contribution in [-0.4, -0.2) is 29.4 Å². The zero-order chi connectivity index (χ0) is 12.4. The summed E-state index contributed by atoms with van der Waals surface area (Å²) < 4.78 is 1.71. The lowest BCUT2D eigenvalue weighted by Crippen LogP contribution is -3.68. The summed E-state index contributed by atoms with van der Waals surface area (Å²) in [5.41, 5.74) is 0. The molecule has 0 aliphatic heterocycles. The molecule has 0 aromatic heterocycles. The normalized spacial score (nSPS) is 48.0. The Kier molecular flexibility index (Phi) is 6.34. The lowest BCUT2D eigenvalue weighted by molar-refractivity contribution is -0.725. The molecule has 0 radical (unpaired) electrons. The molecule has 2 saturated carbocycles. The molecule has 0 aromatic rings. The van der Waals surface area contributed by atoms with Crippen LogP contribution in [0, 0.1) is 0 Å². The molecule has 2 aliphatic carbocycles. The molecule has 0 aromatic carbocycles. The van der Waals surface area contributed by atoms with Gasteiger partial charge in [0.1, 0.15) is 0 Å². The monoisotopic (exact) mass is 429 g/mol. The van der Waals surface area contributed by atoms with Crippen LogP contribution in [0.15, 0.2) is 0 Å². The molecule has 0 saturated heterocycles. The summed E-state index contributed by atoms with van der Waals surface area (Å²) in [6.45, 7) is 0. The van der Waals surface area contributed by atoms with Crippen LogP contribution < -0.4 is 21.2 Å². The minimum Gasteiger partial charge on any atom is -0.121 e. The van der Waals surface area contributed by atoms with Gasteiger partial charge in [-0.05, 0) is 25.7 Å². The van der Waals surface area contributed by atoms with E-state index in [1.807, 2.05) is 0 Å². The molecule has 0 nitrogen and oxygen atoms in total. The van der Waals surface area contributed by atoms with E-state index >= 15 is 0 Å². The van der Waals surface area contributed by atoms with E-state index in [-0.39, 0.29) is 42.7 Å². The Morgan fingerprint density at radius 3 is 1.35 bits per heavy atom. The fourth-order valence-electron chi connectivity index (χ4n) is 2.54. The minimum absolute atomic E-state index is 0.186. The van der Waals surface area contributed by atoms with Gasteiger partial charge in [0.05, 0.1) is 21.5 Å². The quantitative estimate of drug-likeness (QED) is 0.461. The highest BCUT2D eigenvalue weighted by atomic mass is 127. The van der Waals surface area contributed by atoms with Gasteiger partial charge in [0.15, 0.2) is 7.85 Å². The predicted octanol–water partition coefficient (Wildman–Crippen LogP) is 1.61. The van der Waals surface area contributed by atoms with Gasteiger partial charge < -0.3 is 0 Å². The molecule has 0 heterocycles. The summed E-state index contributed by atoms with van der Waals surface area (Å²) in [7, 11) is 0. The summed E-state index contributed by atoms with van der Waals surface area (Å²) >= 11 is 25.1. The molecule has 0 amide bonds. The van der Waals surface area contributed by atoms with E-state index in [1.165, 1.54) is 12.8 Å². The van der Waals surface area contributed by atoms with Gasteiger partial charge in [0, 0.05) is 12.8 Å². The van der Waals surface area contributed by atoms with E-state index in [4.69, 9.17) is 46.4 Å². The van der Waals surface area contributed by atoms with Crippen LogP contribution in [0.1, 0.15) is 38.5 Å². The van der Waals surface area contributed by atoms with Crippen molar-refractivity contribution in [2.24, 2.45) is 0 Å². The van der Waals surface area contributed by atoms with Crippen molar-refractivity contribution in [3.63, 3.8) is 0 Å². The van der Waals surface area contributed by atoms with Crippen LogP contribution >= 0.6 is 46.4 Å². The van der Waals surface area contributed by atoms with E-state index in [2.05, 4.69) is 0 Å². The van der Waals surface area contributed by atoms with Crippen molar-refractivity contribution in [1.29, 1.82) is 0 Å². The van der Waals surface area contributed by atoms with Gasteiger partial charge in [-0.15, -0.1) is 46.4 Å². The van der Waals surface area contributed by atoms with Crippen molar-refractivity contribution in [3.8, 4) is 0 Å². The fourth-order valence-corrected chi connectivity index (χ4v) is 8.84. The highest BCUT2D eigenvalue weighted by Crippen LogP contribution is 2.27. The number of halogens is 5. The van der Waals surface area contributed by atoms with Gasteiger partial charge in [-0.2, -0.15) is 0 Å². The fraction of sp³-hybridized carbons (Fsp3) is 1.00. The molecule has 2 aliphatic rings. The summed E-state index contributed by atoms with van der Waals surface area (Å²) in [6, 6.07) is 0. The highest BCUT2D eigenvalue weighted by Gasteiger charge is 2.42. The first-order valence-corrected chi connectivity index (χ1v) is 10.5. The Bertz CT molecular complexity index is 227. The predicted molar refractivity (Wildman–Crippen MR) is 73.8 cm³/mol. The van der Waals surface area contributed by atoms with Gasteiger partial charge in [0.2, 0.25) is 0 Å². The Morgan fingerprint density at radius 1 is 0.588 bits per heavy atom. The molecular formula is C12H18Cl4I+. The Balaban J connectivity index is 1.78. The van der Waals surface area contributed by atoms with Gasteiger partial charge in [-0.1, -0.05) is 0 Å². The van der Waals surface area contributed by atoms with Crippen molar-refractivity contribution in [2.45, 2.75) is 67.9 Å². The van der Waals surface area contributed by atoms with Crippen molar-refractivity contribution in [3.05, 3.63) is 0 Å². The summed E-state index contributed by atoms with van der Waals surface area (Å²) in [5.74, 6) is 0. The van der Waals surface area contributed by atoms with E-state index in [1.54, 1.807) is 0 Å². The average molecular weight is 431 g/mol. The summed E-state index contributed by atoms with van der Waals surface area (Å²) in [6.07, 6.45) is 6.98. The molecule has 2 rings (SSSR count). The number of hydrogen-bond acceptors (Lipinski definition) is 0. The number of rotatable bonds is 2. The molecule has 100 valence electrons. The largest absolute Gasteiger partial charge is 0.275 e. The van der Waals surface area contributed by atoms with Crippen molar-refractivity contribution < 1.29 is 21.2 Å². The first kappa shape index (κ1) is 15.3. The smallest absolute Gasteiger partial charge is 0.121 e. The highest BCUT2D eigenvalue weighted by molar-refractivity contribution is 6.30. The molecule has 6 atom stereocenters. The lowest BCUT2D eigenvalue weighted by atomic mass is 10.00. The third kappa shape index (κ3) is 4.44. The van der Waals surface area contributed by atoms with Crippen molar-refractivity contribution in [2.75, 3.05) is 0 Å². The zero-order valence-electron chi connectivity index (χ0n) is 9.60. The van der Waals surface area contributed by atoms with Gasteiger partial charge in [-0.25, -0.2) is 0 Å². The standard InChI is InChI=1S/C12H18Cl4I/c13-9-3-1-7(5-11(9)15)17-8-2-4-10(14)12(16)6-8/h7-12H,1-6H2/q+1. The van der Waals surface area contributed by atoms with Crippen LogP contribution in [0.5, 0.6) is 0 Å². The van der Waals surface area contributed by atoms with Crippen LogP contribution in [0.4, 0.5) is 0 Å². The average Bonchev–Trinajstić information content (AvgIpc) is 2.29. The Morgan fingerprint density at radius 2 is 1.00 bits per heavy atom. The maximum Gasteiger partial charge on any atom is 0.275 e. The Labute approximate surface area is 134 Å². The van der Waals surface area contributed by atoms with Crippen molar-refractivity contribution in [1.82, 2.24) is 0 Å². The van der Waals surface area contributed by atoms with Crippen LogP contribution in [0.3, 0.4) is 0 Å². The first-order chi connectivity index (χ1) is 8.06. The maximum atomic E-state index is 6.27. The van der Waals surface area contributed by atoms with Crippen molar-refractivity contribution >= 4 is 46.4 Å². The van der Waals surface area contributed by atoms with Crippen LogP contribution in [0.25, 0.3) is 0 Å². The summed E-state index contributed by atoms with van der Waals surface area (Å²) in [4.78, 5) is 0. The molecule has 0 spiro atoms. The molecule has 5 heteroatoms. The lowest BCUT2D eigenvalue weighted by Gasteiger charge is -2.27. The second-order valence-electron chi connectivity index (χ2n) is 5.01. The third-order valence-electron chi connectivity index (χ3n) is 3.61. The first-order valence-electron chi connectivity index (χ1n) is 6.24. The van der Waals surface area contributed by atoms with E-state index in [0.717, 1.165) is 33.5 Å². The number of alkyl halides is 6. The SMILES string of the molecule is ClC1CCC([I+]C2CCC(Cl)C(Cl)C2)CC1Cl. The molecule has 0 N–H and O–H groups in total. The van der Waals surface area contributed by atoms with E-state index in [0.29, 0.717) is 0 Å².